The fourth-order valence-corrected chi connectivity index (χ4v) is 5.12. The van der Waals surface area contributed by atoms with Gasteiger partial charge in [0.1, 0.15) is 0 Å². The number of nitrogens with zero attached hydrogens (tertiary/aromatic N) is 4. The average Bonchev–Trinajstić information content (AvgIpc) is 3.35. The smallest absolute Gasteiger partial charge is 0.253 e. The Morgan fingerprint density at radius 3 is 2.39 bits per heavy atom. The fraction of sp³-hybridized carbons (Fsp3) is 0.280. The molecule has 31 heavy (non-hydrogen) atoms. The molecular formula is C25H26N4OS. The van der Waals surface area contributed by atoms with Gasteiger partial charge < -0.3 is 4.90 Å². The monoisotopic (exact) mass is 430 g/mol. The molecule has 0 spiro atoms. The minimum Gasteiger partial charge on any atom is -0.336 e. The van der Waals surface area contributed by atoms with Crippen LogP contribution in [0.2, 0.25) is 0 Å². The second-order valence-corrected chi connectivity index (χ2v) is 9.04. The van der Waals surface area contributed by atoms with Gasteiger partial charge in [0.2, 0.25) is 0 Å². The summed E-state index contributed by atoms with van der Waals surface area (Å²) in [7, 11) is 0. The first-order valence-corrected chi connectivity index (χ1v) is 11.6. The highest BCUT2D eigenvalue weighted by Gasteiger charge is 2.25. The summed E-state index contributed by atoms with van der Waals surface area (Å²) in [6, 6.07) is 18.3. The van der Waals surface area contributed by atoms with E-state index in [1.54, 1.807) is 11.3 Å². The molecule has 2 aromatic carbocycles. The first-order chi connectivity index (χ1) is 15.1. The van der Waals surface area contributed by atoms with E-state index in [2.05, 4.69) is 45.9 Å². The van der Waals surface area contributed by atoms with E-state index >= 15 is 0 Å². The summed E-state index contributed by atoms with van der Waals surface area (Å²) in [6.07, 6.45) is 0. The van der Waals surface area contributed by atoms with E-state index in [-0.39, 0.29) is 5.91 Å². The summed E-state index contributed by atoms with van der Waals surface area (Å²) < 4.78 is 2.29. The number of fused-ring (bicyclic) bond motifs is 1. The summed E-state index contributed by atoms with van der Waals surface area (Å²) in [5, 5.41) is 2.17. The lowest BCUT2D eigenvalue weighted by molar-refractivity contribution is 0.0627. The molecule has 5 rings (SSSR count). The topological polar surface area (TPSA) is 40.9 Å². The van der Waals surface area contributed by atoms with Crippen molar-refractivity contribution in [1.82, 2.24) is 19.2 Å². The third kappa shape index (κ3) is 3.89. The zero-order valence-electron chi connectivity index (χ0n) is 17.9. The van der Waals surface area contributed by atoms with Gasteiger partial charge >= 0.3 is 0 Å². The fourth-order valence-electron chi connectivity index (χ4n) is 4.24. The van der Waals surface area contributed by atoms with Crippen LogP contribution in [0, 0.1) is 13.8 Å². The molecular weight excluding hydrogens is 404 g/mol. The summed E-state index contributed by atoms with van der Waals surface area (Å²) >= 11 is 1.69. The molecule has 0 bridgehead atoms. The summed E-state index contributed by atoms with van der Waals surface area (Å²) in [6.45, 7) is 8.23. The zero-order chi connectivity index (χ0) is 21.4. The standard InChI is InChI=1S/C25H26N4OS/c1-18-8-10-21(11-9-18)24(30)28-14-12-27(13-15-28)16-22-23(20-6-4-3-5-7-20)26-25-29(22)19(2)17-31-25/h3-11,17H,12-16H2,1-2H3. The van der Waals surface area contributed by atoms with Gasteiger partial charge in [-0.25, -0.2) is 4.98 Å². The van der Waals surface area contributed by atoms with Crippen molar-refractivity contribution < 1.29 is 4.79 Å². The van der Waals surface area contributed by atoms with Gasteiger partial charge in [0.05, 0.1) is 11.4 Å². The number of amides is 1. The predicted octanol–water partition coefficient (Wildman–Crippen LogP) is 4.64. The molecule has 1 amide bonds. The maximum Gasteiger partial charge on any atom is 0.253 e. The number of carbonyl (C=O) groups is 1. The van der Waals surface area contributed by atoms with E-state index in [1.807, 2.05) is 42.2 Å². The highest BCUT2D eigenvalue weighted by atomic mass is 32.1. The van der Waals surface area contributed by atoms with Gasteiger partial charge in [-0.3, -0.25) is 14.1 Å². The minimum absolute atomic E-state index is 0.130. The number of carbonyl (C=O) groups excluding carboxylic acids is 1. The third-order valence-corrected chi connectivity index (χ3v) is 6.95. The van der Waals surface area contributed by atoms with E-state index in [0.717, 1.165) is 54.5 Å². The lowest BCUT2D eigenvalue weighted by Crippen LogP contribution is -2.48. The number of thiazole rings is 1. The zero-order valence-corrected chi connectivity index (χ0v) is 18.7. The number of aromatic nitrogens is 2. The Morgan fingerprint density at radius 2 is 1.68 bits per heavy atom. The van der Waals surface area contributed by atoms with E-state index in [4.69, 9.17) is 4.98 Å². The van der Waals surface area contributed by atoms with Crippen LogP contribution in [0.25, 0.3) is 16.2 Å². The average molecular weight is 431 g/mol. The SMILES string of the molecule is Cc1ccc(C(=O)N2CCN(Cc3c(-c4ccccc4)nc4scc(C)n34)CC2)cc1. The van der Waals surface area contributed by atoms with Crippen molar-refractivity contribution in [2.75, 3.05) is 26.2 Å². The highest BCUT2D eigenvalue weighted by Crippen LogP contribution is 2.29. The second-order valence-electron chi connectivity index (χ2n) is 8.20. The molecule has 1 fully saturated rings. The van der Waals surface area contributed by atoms with Gasteiger partial charge in [-0.2, -0.15) is 0 Å². The van der Waals surface area contributed by atoms with Crippen molar-refractivity contribution in [3.8, 4) is 11.3 Å². The Bertz CT molecular complexity index is 1200. The van der Waals surface area contributed by atoms with Crippen LogP contribution in [0.4, 0.5) is 0 Å². The van der Waals surface area contributed by atoms with E-state index in [1.165, 1.54) is 17.0 Å². The summed E-state index contributed by atoms with van der Waals surface area (Å²) in [4.78, 5) is 23.3. The molecule has 0 saturated carbocycles. The van der Waals surface area contributed by atoms with E-state index < -0.39 is 0 Å². The number of benzene rings is 2. The van der Waals surface area contributed by atoms with Crippen LogP contribution in [-0.2, 0) is 6.54 Å². The van der Waals surface area contributed by atoms with Crippen molar-refractivity contribution in [2.45, 2.75) is 20.4 Å². The molecule has 0 unspecified atom stereocenters. The molecule has 1 saturated heterocycles. The first-order valence-electron chi connectivity index (χ1n) is 10.7. The van der Waals surface area contributed by atoms with Gasteiger partial charge in [-0.1, -0.05) is 48.0 Å². The van der Waals surface area contributed by atoms with Crippen LogP contribution in [0.15, 0.2) is 60.0 Å². The molecule has 0 aliphatic carbocycles. The van der Waals surface area contributed by atoms with Crippen molar-refractivity contribution >= 4 is 22.2 Å². The number of imidazole rings is 1. The van der Waals surface area contributed by atoms with E-state index in [0.29, 0.717) is 0 Å². The second kappa shape index (κ2) is 8.29. The molecule has 0 radical (unpaired) electrons. The number of piperazine rings is 1. The Labute approximate surface area is 186 Å². The maximum atomic E-state index is 12.9. The van der Waals surface area contributed by atoms with Crippen LogP contribution in [0.5, 0.6) is 0 Å². The molecule has 0 N–H and O–H groups in total. The van der Waals surface area contributed by atoms with Gasteiger partial charge in [0, 0.05) is 54.9 Å². The number of rotatable bonds is 4. The van der Waals surface area contributed by atoms with Crippen molar-refractivity contribution in [3.05, 3.63) is 82.5 Å². The first kappa shape index (κ1) is 20.0. The molecule has 5 nitrogen and oxygen atoms in total. The molecule has 2 aromatic heterocycles. The Morgan fingerprint density at radius 1 is 0.968 bits per heavy atom. The lowest BCUT2D eigenvalue weighted by atomic mass is 10.1. The van der Waals surface area contributed by atoms with Crippen molar-refractivity contribution in [3.63, 3.8) is 0 Å². The van der Waals surface area contributed by atoms with Gasteiger partial charge in [0.25, 0.3) is 5.91 Å². The molecule has 6 heteroatoms. The molecule has 0 atom stereocenters. The molecule has 3 heterocycles. The molecule has 1 aliphatic heterocycles. The van der Waals surface area contributed by atoms with Crippen molar-refractivity contribution in [1.29, 1.82) is 0 Å². The van der Waals surface area contributed by atoms with Crippen LogP contribution >= 0.6 is 11.3 Å². The number of hydrogen-bond acceptors (Lipinski definition) is 4. The largest absolute Gasteiger partial charge is 0.336 e. The Hall–Kier alpha value is -2.96. The van der Waals surface area contributed by atoms with Gasteiger partial charge in [0.15, 0.2) is 4.96 Å². The van der Waals surface area contributed by atoms with Crippen LogP contribution in [-0.4, -0.2) is 51.3 Å². The minimum atomic E-state index is 0.130. The predicted molar refractivity (Wildman–Crippen MR) is 126 cm³/mol. The van der Waals surface area contributed by atoms with Crippen LogP contribution in [0.3, 0.4) is 0 Å². The Balaban J connectivity index is 1.34. The Kier molecular flexibility index (Phi) is 5.34. The molecule has 1 aliphatic rings. The van der Waals surface area contributed by atoms with E-state index in [9.17, 15) is 4.79 Å². The van der Waals surface area contributed by atoms with Gasteiger partial charge in [-0.15, -0.1) is 11.3 Å². The summed E-state index contributed by atoms with van der Waals surface area (Å²) in [5.41, 5.74) is 6.62. The third-order valence-electron chi connectivity index (χ3n) is 6.01. The van der Waals surface area contributed by atoms with Crippen LogP contribution in [0.1, 0.15) is 27.3 Å². The van der Waals surface area contributed by atoms with Gasteiger partial charge in [-0.05, 0) is 26.0 Å². The normalized spacial score (nSPS) is 15.0. The lowest BCUT2D eigenvalue weighted by Gasteiger charge is -2.34. The van der Waals surface area contributed by atoms with Crippen molar-refractivity contribution in [2.24, 2.45) is 0 Å². The maximum absolute atomic E-state index is 12.9. The number of aryl methyl sites for hydroxylation is 2. The molecule has 158 valence electrons. The number of hydrogen-bond donors (Lipinski definition) is 0. The quantitative estimate of drug-likeness (QED) is 0.474. The summed E-state index contributed by atoms with van der Waals surface area (Å²) in [5.74, 6) is 0.130. The van der Waals surface area contributed by atoms with Crippen LogP contribution < -0.4 is 0 Å². The molecule has 4 aromatic rings. The highest BCUT2D eigenvalue weighted by molar-refractivity contribution is 7.15.